The maximum absolute atomic E-state index is 14.1. The number of carbonyl (C=O) groups excluding carboxylic acids is 4. The van der Waals surface area contributed by atoms with E-state index in [0.29, 0.717) is 38.5 Å². The number of ether oxygens (including phenoxy) is 4. The number of hydrogen-bond acceptors (Lipinski definition) is 10. The van der Waals surface area contributed by atoms with Crippen LogP contribution in [0.1, 0.15) is 87.5 Å². The molecule has 5 atom stereocenters. The van der Waals surface area contributed by atoms with Gasteiger partial charge in [-0.15, -0.1) is 0 Å². The SMILES string of the molecule is COC[C@@H]1C[C@@H](c2nc3c([nH]2)CCc2cc4c(cc2-3)OCc2cc(-c3cnc([C@@H]5CCCN5C(=O)[C@@H](NC(=O)OC)C(C)C)[nH]3)ccc2-4)N(C(=O)[C@@H](NC(=O)OC)C(C)C)C1. The highest BCUT2D eigenvalue weighted by atomic mass is 16.5. The normalized spacial score (nSPS) is 20.0. The molecule has 3 aliphatic heterocycles. The van der Waals surface area contributed by atoms with Crippen molar-refractivity contribution in [3.05, 3.63) is 65.0 Å². The Morgan fingerprint density at radius 1 is 0.836 bits per heavy atom. The van der Waals surface area contributed by atoms with Gasteiger partial charge < -0.3 is 49.3 Å². The number of likely N-dealkylation sites (tertiary alicyclic amines) is 2. The Bertz CT molecular complexity index is 2320. The quantitative estimate of drug-likeness (QED) is 0.138. The summed E-state index contributed by atoms with van der Waals surface area (Å²) in [6.45, 7) is 9.59. The van der Waals surface area contributed by atoms with Crippen molar-refractivity contribution in [3.63, 3.8) is 0 Å². The van der Waals surface area contributed by atoms with Crippen LogP contribution in [-0.2, 0) is 43.2 Å². The van der Waals surface area contributed by atoms with Gasteiger partial charge in [-0.1, -0.05) is 39.8 Å². The van der Waals surface area contributed by atoms with Gasteiger partial charge in [0.05, 0.1) is 50.5 Å². The molecular weight excluding hydrogens is 781 g/mol. The van der Waals surface area contributed by atoms with E-state index in [-0.39, 0.29) is 41.7 Å². The van der Waals surface area contributed by atoms with E-state index in [1.807, 2.05) is 43.7 Å². The Balaban J connectivity index is 1.02. The molecule has 0 unspecified atom stereocenters. The number of nitrogens with one attached hydrogen (secondary N) is 4. The zero-order valence-electron chi connectivity index (χ0n) is 35.9. The second-order valence-electron chi connectivity index (χ2n) is 17.3. The number of fused-ring (bicyclic) bond motifs is 6. The number of imidazole rings is 2. The molecular formula is C45H56N8O8. The largest absolute Gasteiger partial charge is 0.488 e. The number of aromatic amines is 2. The molecule has 0 spiro atoms. The number of rotatable bonds is 11. The number of benzene rings is 2. The monoisotopic (exact) mass is 836 g/mol. The van der Waals surface area contributed by atoms with E-state index in [1.54, 1.807) is 7.11 Å². The van der Waals surface area contributed by atoms with E-state index in [1.165, 1.54) is 19.8 Å². The molecule has 324 valence electrons. The van der Waals surface area contributed by atoms with Crippen molar-refractivity contribution in [1.82, 2.24) is 40.4 Å². The van der Waals surface area contributed by atoms with Gasteiger partial charge in [-0.25, -0.2) is 19.6 Å². The molecule has 16 heteroatoms. The summed E-state index contributed by atoms with van der Waals surface area (Å²) in [5, 5.41) is 5.45. The third-order valence-corrected chi connectivity index (χ3v) is 12.6. The molecule has 4 amide bonds. The minimum atomic E-state index is -0.747. The van der Waals surface area contributed by atoms with Crippen molar-refractivity contribution in [1.29, 1.82) is 0 Å². The maximum Gasteiger partial charge on any atom is 0.407 e. The Labute approximate surface area is 355 Å². The van der Waals surface area contributed by atoms with Crippen LogP contribution in [0.25, 0.3) is 33.6 Å². The lowest BCUT2D eigenvalue weighted by molar-refractivity contribution is -0.136. The first kappa shape index (κ1) is 41.8. The number of H-pyrrole nitrogens is 2. The van der Waals surface area contributed by atoms with Crippen LogP contribution in [0.3, 0.4) is 0 Å². The van der Waals surface area contributed by atoms with E-state index >= 15 is 0 Å². The van der Waals surface area contributed by atoms with Crippen molar-refractivity contribution < 1.29 is 38.1 Å². The van der Waals surface area contributed by atoms with Crippen LogP contribution in [0, 0.1) is 17.8 Å². The van der Waals surface area contributed by atoms with Crippen molar-refractivity contribution in [3.8, 4) is 39.4 Å². The Morgan fingerprint density at radius 2 is 1.56 bits per heavy atom. The third-order valence-electron chi connectivity index (χ3n) is 12.6. The number of aryl methyl sites for hydroxylation is 2. The van der Waals surface area contributed by atoms with Crippen LogP contribution >= 0.6 is 0 Å². The van der Waals surface area contributed by atoms with Crippen molar-refractivity contribution >= 4 is 24.0 Å². The highest BCUT2D eigenvalue weighted by molar-refractivity contribution is 5.88. The Hall–Kier alpha value is -5.90. The molecule has 61 heavy (non-hydrogen) atoms. The van der Waals surface area contributed by atoms with Gasteiger partial charge in [-0.05, 0) is 84.4 Å². The zero-order chi connectivity index (χ0) is 43.1. The number of carbonyl (C=O) groups is 4. The number of aromatic nitrogens is 4. The molecule has 0 saturated carbocycles. The highest BCUT2D eigenvalue weighted by Crippen LogP contribution is 2.46. The smallest absolute Gasteiger partial charge is 0.407 e. The van der Waals surface area contributed by atoms with Crippen molar-refractivity contribution in [2.45, 2.75) is 90.6 Å². The van der Waals surface area contributed by atoms with Gasteiger partial charge in [0, 0.05) is 42.9 Å². The summed E-state index contributed by atoms with van der Waals surface area (Å²) < 4.78 is 21.6. The van der Waals surface area contributed by atoms with Crippen LogP contribution in [0.5, 0.6) is 5.75 Å². The molecule has 8 rings (SSSR count). The molecule has 5 heterocycles. The van der Waals surface area contributed by atoms with Gasteiger partial charge in [-0.3, -0.25) is 9.59 Å². The summed E-state index contributed by atoms with van der Waals surface area (Å²) in [5.74, 6) is 1.76. The van der Waals surface area contributed by atoms with E-state index in [4.69, 9.17) is 28.9 Å². The average Bonchev–Trinajstić information content (AvgIpc) is 4.09. The molecule has 2 fully saturated rings. The van der Waals surface area contributed by atoms with Crippen LogP contribution in [-0.4, -0.2) is 107 Å². The molecule has 0 bridgehead atoms. The second kappa shape index (κ2) is 17.2. The maximum atomic E-state index is 14.1. The van der Waals surface area contributed by atoms with Gasteiger partial charge in [0.15, 0.2) is 0 Å². The molecule has 2 aromatic heterocycles. The molecule has 16 nitrogen and oxygen atoms in total. The van der Waals surface area contributed by atoms with Crippen LogP contribution in [0.2, 0.25) is 0 Å². The lowest BCUT2D eigenvalue weighted by Crippen LogP contribution is -2.51. The summed E-state index contributed by atoms with van der Waals surface area (Å²) in [4.78, 5) is 72.6. The Kier molecular flexibility index (Phi) is 11.8. The number of amides is 4. The summed E-state index contributed by atoms with van der Waals surface area (Å²) >= 11 is 0. The summed E-state index contributed by atoms with van der Waals surface area (Å²) in [7, 11) is 4.25. The number of nitrogens with zero attached hydrogens (tertiary/aromatic N) is 4. The molecule has 2 saturated heterocycles. The fraction of sp³-hybridized carbons (Fsp3) is 0.511. The van der Waals surface area contributed by atoms with E-state index in [0.717, 1.165) is 82.2 Å². The van der Waals surface area contributed by atoms with Crippen molar-refractivity contribution in [2.75, 3.05) is 41.0 Å². The molecule has 4 aliphatic rings. The van der Waals surface area contributed by atoms with Crippen LogP contribution in [0.15, 0.2) is 36.5 Å². The minimum absolute atomic E-state index is 0.116. The van der Waals surface area contributed by atoms with Crippen LogP contribution < -0.4 is 15.4 Å². The lowest BCUT2D eigenvalue weighted by Gasteiger charge is -2.30. The second-order valence-corrected chi connectivity index (χ2v) is 17.3. The first-order chi connectivity index (χ1) is 29.4. The average molecular weight is 837 g/mol. The Morgan fingerprint density at radius 3 is 2.25 bits per heavy atom. The highest BCUT2D eigenvalue weighted by Gasteiger charge is 2.43. The summed E-state index contributed by atoms with van der Waals surface area (Å²) in [5.41, 5.74) is 9.11. The fourth-order valence-electron chi connectivity index (χ4n) is 9.44. The van der Waals surface area contributed by atoms with Crippen molar-refractivity contribution in [2.24, 2.45) is 17.8 Å². The minimum Gasteiger partial charge on any atom is -0.488 e. The van der Waals surface area contributed by atoms with Gasteiger partial charge in [0.25, 0.3) is 0 Å². The summed E-state index contributed by atoms with van der Waals surface area (Å²) in [6, 6.07) is 8.70. The topological polar surface area (TPSA) is 193 Å². The predicted octanol–water partition coefficient (Wildman–Crippen LogP) is 6.09. The first-order valence-electron chi connectivity index (χ1n) is 21.2. The first-order valence-corrected chi connectivity index (χ1v) is 21.2. The fourth-order valence-corrected chi connectivity index (χ4v) is 9.44. The molecule has 2 aromatic carbocycles. The van der Waals surface area contributed by atoms with Crippen LogP contribution in [0.4, 0.5) is 9.59 Å². The predicted molar refractivity (Wildman–Crippen MR) is 225 cm³/mol. The number of methoxy groups -OCH3 is 3. The molecule has 4 N–H and O–H groups in total. The van der Waals surface area contributed by atoms with Gasteiger partial charge in [0.1, 0.15) is 36.1 Å². The summed E-state index contributed by atoms with van der Waals surface area (Å²) in [6.07, 6.45) is 4.42. The molecule has 4 aromatic rings. The lowest BCUT2D eigenvalue weighted by atomic mass is 9.86. The van der Waals surface area contributed by atoms with E-state index < -0.39 is 24.3 Å². The zero-order valence-corrected chi connectivity index (χ0v) is 35.9. The third kappa shape index (κ3) is 8.05. The number of hydrogen-bond donors (Lipinski definition) is 4. The standard InChI is InChI=1S/C45H56N8O8/c1-23(2)37(50-44(56)59-6)42(54)52-14-8-9-34(52)40-46-19-33(48-40)27-10-12-29-28(16-27)22-61-36-18-30-26(17-31(29)36)11-13-32-39(30)49-41(47-32)35-15-25(21-58-5)20-53(35)43(55)38(24(3)4)51-45(57)60-7/h10,12,16-19,23-25,34-35,37-38H,8-9,11,13-15,20-22H2,1-7H3,(H,46,48)(H,47,49)(H,50,56)(H,51,57)/t25-,34+,35+,37+,38+/m1/s1. The molecule has 1 aliphatic carbocycles. The molecule has 0 radical (unpaired) electrons. The van der Waals surface area contributed by atoms with E-state index in [9.17, 15) is 19.2 Å². The van der Waals surface area contributed by atoms with Gasteiger partial charge in [-0.2, -0.15) is 0 Å². The van der Waals surface area contributed by atoms with E-state index in [2.05, 4.69) is 50.9 Å². The van der Waals surface area contributed by atoms with Gasteiger partial charge >= 0.3 is 12.2 Å². The number of alkyl carbamates (subject to hydrolysis) is 2. The van der Waals surface area contributed by atoms with Gasteiger partial charge in [0.2, 0.25) is 11.8 Å².